The summed E-state index contributed by atoms with van der Waals surface area (Å²) in [4.78, 5) is 24.4. The average molecular weight is 492 g/mol. The molecular formula is C25H21N3O4S2. The van der Waals surface area contributed by atoms with Gasteiger partial charge in [-0.1, -0.05) is 54.2 Å². The molecule has 34 heavy (non-hydrogen) atoms. The molecule has 1 aliphatic carbocycles. The summed E-state index contributed by atoms with van der Waals surface area (Å²) in [6, 6.07) is 15.3. The molecule has 0 radical (unpaired) electrons. The van der Waals surface area contributed by atoms with Crippen LogP contribution in [0.25, 0.3) is 10.8 Å². The predicted octanol–water partition coefficient (Wildman–Crippen LogP) is 4.88. The van der Waals surface area contributed by atoms with E-state index in [9.17, 15) is 14.7 Å². The fourth-order valence-corrected chi connectivity index (χ4v) is 6.67. The van der Waals surface area contributed by atoms with Gasteiger partial charge in [0.05, 0.1) is 11.4 Å². The Bertz CT molecular complexity index is 1470. The fraction of sp³-hybridized carbons (Fsp3) is 0.280. The minimum absolute atomic E-state index is 0.255. The second-order valence-corrected chi connectivity index (χ2v) is 10.6. The molecule has 1 unspecified atom stereocenters. The van der Waals surface area contributed by atoms with Crippen molar-refractivity contribution in [1.29, 1.82) is 0 Å². The summed E-state index contributed by atoms with van der Waals surface area (Å²) in [6.07, 6.45) is 2.69. The molecule has 2 aromatic heterocycles. The van der Waals surface area contributed by atoms with Crippen molar-refractivity contribution in [3.8, 4) is 0 Å². The van der Waals surface area contributed by atoms with Gasteiger partial charge in [0.25, 0.3) is 10.8 Å². The zero-order valence-corrected chi connectivity index (χ0v) is 19.8. The summed E-state index contributed by atoms with van der Waals surface area (Å²) in [6.45, 7) is 0. The lowest BCUT2D eigenvalue weighted by Gasteiger charge is -2.15. The SMILES string of the molecule is O=C(O)C1CSc2c(C3CC3)c(CSc3nnc(Cc4ccc5ccccc5c4)o3)cc(=O)n21. The molecule has 0 bridgehead atoms. The van der Waals surface area contributed by atoms with E-state index in [1.807, 2.05) is 12.1 Å². The van der Waals surface area contributed by atoms with E-state index in [4.69, 9.17) is 4.42 Å². The summed E-state index contributed by atoms with van der Waals surface area (Å²) in [5, 5.41) is 21.6. The number of hydrogen-bond donors (Lipinski definition) is 1. The number of fused-ring (bicyclic) bond motifs is 2. The van der Waals surface area contributed by atoms with Crippen molar-refractivity contribution < 1.29 is 14.3 Å². The first-order valence-electron chi connectivity index (χ1n) is 11.1. The van der Waals surface area contributed by atoms with Crippen molar-refractivity contribution in [3.05, 3.63) is 81.5 Å². The van der Waals surface area contributed by atoms with E-state index in [0.29, 0.717) is 35.0 Å². The van der Waals surface area contributed by atoms with Gasteiger partial charge in [0.2, 0.25) is 5.89 Å². The van der Waals surface area contributed by atoms with Crippen molar-refractivity contribution in [2.24, 2.45) is 0 Å². The molecular weight excluding hydrogens is 470 g/mol. The van der Waals surface area contributed by atoms with Gasteiger partial charge in [-0.15, -0.1) is 22.0 Å². The number of rotatable bonds is 7. The van der Waals surface area contributed by atoms with Crippen LogP contribution in [0, 0.1) is 0 Å². The molecule has 1 fully saturated rings. The lowest BCUT2D eigenvalue weighted by atomic mass is 10.1. The summed E-state index contributed by atoms with van der Waals surface area (Å²) in [5.41, 5.74) is 2.91. The molecule has 6 rings (SSSR count). The first-order valence-corrected chi connectivity index (χ1v) is 13.1. The maximum atomic E-state index is 12.8. The lowest BCUT2D eigenvalue weighted by molar-refractivity contribution is -0.140. The number of aliphatic carboxylic acids is 1. The number of carbonyl (C=O) groups is 1. The predicted molar refractivity (Wildman–Crippen MR) is 131 cm³/mol. The molecule has 0 spiro atoms. The van der Waals surface area contributed by atoms with Crippen LogP contribution in [-0.4, -0.2) is 31.6 Å². The van der Waals surface area contributed by atoms with Crippen LogP contribution in [0.15, 0.2) is 68.0 Å². The van der Waals surface area contributed by atoms with Crippen LogP contribution >= 0.6 is 23.5 Å². The van der Waals surface area contributed by atoms with E-state index < -0.39 is 12.0 Å². The Morgan fingerprint density at radius 3 is 2.76 bits per heavy atom. The monoisotopic (exact) mass is 491 g/mol. The van der Waals surface area contributed by atoms with Crippen LogP contribution < -0.4 is 5.56 Å². The van der Waals surface area contributed by atoms with Crippen molar-refractivity contribution in [2.45, 2.75) is 47.2 Å². The van der Waals surface area contributed by atoms with Gasteiger partial charge in [0.1, 0.15) is 6.04 Å². The normalized spacial score (nSPS) is 17.2. The summed E-state index contributed by atoms with van der Waals surface area (Å²) in [5.74, 6) is 0.910. The molecule has 1 N–H and O–H groups in total. The largest absolute Gasteiger partial charge is 0.480 e. The van der Waals surface area contributed by atoms with Gasteiger partial charge in [-0.05, 0) is 46.2 Å². The third-order valence-electron chi connectivity index (χ3n) is 6.26. The number of nitrogens with zero attached hydrogens (tertiary/aromatic N) is 3. The van der Waals surface area contributed by atoms with Gasteiger partial charge in [0.15, 0.2) is 0 Å². The van der Waals surface area contributed by atoms with E-state index in [-0.39, 0.29) is 5.56 Å². The second-order valence-electron chi connectivity index (χ2n) is 8.64. The van der Waals surface area contributed by atoms with E-state index in [2.05, 4.69) is 40.5 Å². The third kappa shape index (κ3) is 4.03. The van der Waals surface area contributed by atoms with Gasteiger partial charge in [-0.2, -0.15) is 0 Å². The molecule has 3 heterocycles. The van der Waals surface area contributed by atoms with Crippen LogP contribution in [0.4, 0.5) is 0 Å². The number of carboxylic acids is 1. The van der Waals surface area contributed by atoms with Gasteiger partial charge in [-0.25, -0.2) is 4.79 Å². The van der Waals surface area contributed by atoms with Crippen LogP contribution in [0.5, 0.6) is 0 Å². The summed E-state index contributed by atoms with van der Waals surface area (Å²) >= 11 is 2.89. The van der Waals surface area contributed by atoms with Gasteiger partial charge in [-0.3, -0.25) is 9.36 Å². The highest BCUT2D eigenvalue weighted by atomic mass is 32.2. The van der Waals surface area contributed by atoms with Gasteiger partial charge < -0.3 is 9.52 Å². The molecule has 1 saturated carbocycles. The van der Waals surface area contributed by atoms with Gasteiger partial charge >= 0.3 is 5.97 Å². The van der Waals surface area contributed by atoms with Gasteiger partial charge in [0, 0.05) is 17.6 Å². The number of hydrogen-bond acceptors (Lipinski definition) is 7. The highest BCUT2D eigenvalue weighted by molar-refractivity contribution is 7.99. The molecule has 4 aromatic rings. The van der Waals surface area contributed by atoms with Crippen molar-refractivity contribution >= 4 is 40.3 Å². The van der Waals surface area contributed by atoms with E-state index in [0.717, 1.165) is 34.6 Å². The topological polar surface area (TPSA) is 98.2 Å². The zero-order valence-electron chi connectivity index (χ0n) is 18.1. The smallest absolute Gasteiger partial charge is 0.327 e. The Labute approximate surface area is 203 Å². The van der Waals surface area contributed by atoms with Crippen molar-refractivity contribution in [2.75, 3.05) is 5.75 Å². The molecule has 0 saturated heterocycles. The minimum Gasteiger partial charge on any atom is -0.480 e. The van der Waals surface area contributed by atoms with E-state index in [1.54, 1.807) is 6.07 Å². The lowest BCUT2D eigenvalue weighted by Crippen LogP contribution is -2.29. The molecule has 9 heteroatoms. The number of benzene rings is 2. The molecule has 2 aliphatic rings. The standard InChI is InChI=1S/C25H21N3O4S2/c29-21-11-18(22(16-7-8-16)23-28(21)19(13-33-23)24(30)31)12-34-25-27-26-20(32-25)10-14-5-6-15-3-1-2-4-17(15)9-14/h1-6,9,11,16,19H,7-8,10,12-13H2,(H,30,31). The Balaban J connectivity index is 1.21. The molecule has 7 nitrogen and oxygen atoms in total. The maximum absolute atomic E-state index is 12.8. The third-order valence-corrected chi connectivity index (χ3v) is 8.30. The highest BCUT2D eigenvalue weighted by Gasteiger charge is 2.37. The first kappa shape index (κ1) is 21.5. The average Bonchev–Trinajstić information content (AvgIpc) is 3.39. The second kappa shape index (κ2) is 8.63. The number of pyridine rings is 1. The Hall–Kier alpha value is -3.04. The first-order chi connectivity index (χ1) is 16.6. The Kier molecular flexibility index (Phi) is 5.45. The maximum Gasteiger partial charge on any atom is 0.327 e. The summed E-state index contributed by atoms with van der Waals surface area (Å²) in [7, 11) is 0. The van der Waals surface area contributed by atoms with Crippen LogP contribution in [0.2, 0.25) is 0 Å². The quantitative estimate of drug-likeness (QED) is 0.366. The van der Waals surface area contributed by atoms with Crippen LogP contribution in [0.1, 0.15) is 47.4 Å². The number of aromatic nitrogens is 3. The van der Waals surface area contributed by atoms with Crippen LogP contribution in [-0.2, 0) is 17.0 Å². The van der Waals surface area contributed by atoms with Crippen molar-refractivity contribution in [1.82, 2.24) is 14.8 Å². The number of thioether (sulfide) groups is 2. The molecule has 2 aromatic carbocycles. The number of carboxylic acid groups (broad SMARTS) is 1. The molecule has 0 amide bonds. The highest BCUT2D eigenvalue weighted by Crippen LogP contribution is 2.49. The zero-order chi connectivity index (χ0) is 23.2. The van der Waals surface area contributed by atoms with E-state index in [1.165, 1.54) is 38.9 Å². The summed E-state index contributed by atoms with van der Waals surface area (Å²) < 4.78 is 7.34. The Morgan fingerprint density at radius 1 is 1.15 bits per heavy atom. The van der Waals surface area contributed by atoms with Crippen LogP contribution in [0.3, 0.4) is 0 Å². The molecule has 1 atom stereocenters. The van der Waals surface area contributed by atoms with E-state index >= 15 is 0 Å². The Morgan fingerprint density at radius 2 is 1.97 bits per heavy atom. The van der Waals surface area contributed by atoms with Crippen molar-refractivity contribution in [3.63, 3.8) is 0 Å². The fourth-order valence-electron chi connectivity index (χ4n) is 4.48. The minimum atomic E-state index is -0.956. The molecule has 172 valence electrons. The molecule has 1 aliphatic heterocycles.